The van der Waals surface area contributed by atoms with E-state index in [1.165, 1.54) is 0 Å². The van der Waals surface area contributed by atoms with Gasteiger partial charge in [-0.1, -0.05) is 31.2 Å². The van der Waals surface area contributed by atoms with E-state index < -0.39 is 10.0 Å². The summed E-state index contributed by atoms with van der Waals surface area (Å²) in [5.74, 6) is 0. The third-order valence-corrected chi connectivity index (χ3v) is 5.70. The molecular weight excluding hydrogens is 260 g/mol. The highest BCUT2D eigenvalue weighted by Crippen LogP contribution is 2.26. The van der Waals surface area contributed by atoms with Crippen molar-refractivity contribution in [3.63, 3.8) is 0 Å². The van der Waals surface area contributed by atoms with Crippen LogP contribution in [0, 0.1) is 0 Å². The minimum Gasteiger partial charge on any atom is -0.315 e. The standard InChI is InChI=1S/C14H22N2O2S/c1-3-8-15-9-12(2)19(17,18)16-10-13-6-4-5-7-14(13)11-16/h4-7,12,15H,3,8-11H2,1-2H3. The van der Waals surface area contributed by atoms with Crippen molar-refractivity contribution in [1.82, 2.24) is 9.62 Å². The first-order valence-corrected chi connectivity index (χ1v) is 8.32. The largest absolute Gasteiger partial charge is 0.315 e. The number of hydrogen-bond donors (Lipinski definition) is 1. The number of nitrogens with one attached hydrogen (secondary N) is 1. The number of fused-ring (bicyclic) bond motifs is 1. The number of sulfonamides is 1. The highest BCUT2D eigenvalue weighted by atomic mass is 32.2. The van der Waals surface area contributed by atoms with Crippen LogP contribution in [0.4, 0.5) is 0 Å². The topological polar surface area (TPSA) is 49.4 Å². The lowest BCUT2D eigenvalue weighted by Crippen LogP contribution is -2.39. The van der Waals surface area contributed by atoms with Crippen LogP contribution < -0.4 is 5.32 Å². The fourth-order valence-corrected chi connectivity index (χ4v) is 3.80. The molecular formula is C14H22N2O2S. The molecule has 1 aromatic rings. The van der Waals surface area contributed by atoms with E-state index in [9.17, 15) is 8.42 Å². The van der Waals surface area contributed by atoms with E-state index >= 15 is 0 Å². The van der Waals surface area contributed by atoms with Crippen LogP contribution in [-0.2, 0) is 23.1 Å². The van der Waals surface area contributed by atoms with Crippen LogP contribution in [0.3, 0.4) is 0 Å². The maximum Gasteiger partial charge on any atom is 0.218 e. The van der Waals surface area contributed by atoms with E-state index in [0.29, 0.717) is 19.6 Å². The highest BCUT2D eigenvalue weighted by molar-refractivity contribution is 7.89. The van der Waals surface area contributed by atoms with Gasteiger partial charge >= 0.3 is 0 Å². The minimum atomic E-state index is -3.22. The summed E-state index contributed by atoms with van der Waals surface area (Å²) in [6, 6.07) is 7.93. The van der Waals surface area contributed by atoms with Crippen LogP contribution in [0.1, 0.15) is 31.4 Å². The lowest BCUT2D eigenvalue weighted by atomic mass is 10.1. The van der Waals surface area contributed by atoms with E-state index in [0.717, 1.165) is 24.1 Å². The first-order chi connectivity index (χ1) is 9.05. The smallest absolute Gasteiger partial charge is 0.218 e. The second-order valence-electron chi connectivity index (χ2n) is 5.10. The zero-order valence-electron chi connectivity index (χ0n) is 11.6. The third-order valence-electron chi connectivity index (χ3n) is 3.54. The van der Waals surface area contributed by atoms with Crippen molar-refractivity contribution < 1.29 is 8.42 Å². The van der Waals surface area contributed by atoms with Crippen molar-refractivity contribution >= 4 is 10.0 Å². The highest BCUT2D eigenvalue weighted by Gasteiger charge is 2.32. The predicted molar refractivity (Wildman–Crippen MR) is 77.2 cm³/mol. The van der Waals surface area contributed by atoms with Gasteiger partial charge in [-0.2, -0.15) is 4.31 Å². The molecule has 1 aromatic carbocycles. The summed E-state index contributed by atoms with van der Waals surface area (Å²) in [6.45, 7) is 6.25. The number of hydrogen-bond acceptors (Lipinski definition) is 3. The van der Waals surface area contributed by atoms with Crippen molar-refractivity contribution in [1.29, 1.82) is 0 Å². The lowest BCUT2D eigenvalue weighted by Gasteiger charge is -2.21. The van der Waals surface area contributed by atoms with Crippen molar-refractivity contribution in [2.45, 2.75) is 38.6 Å². The van der Waals surface area contributed by atoms with Crippen LogP contribution in [0.2, 0.25) is 0 Å². The molecule has 0 fully saturated rings. The Labute approximate surface area is 115 Å². The van der Waals surface area contributed by atoms with Gasteiger partial charge in [0.15, 0.2) is 0 Å². The predicted octanol–water partition coefficient (Wildman–Crippen LogP) is 1.72. The third kappa shape index (κ3) is 3.16. The first-order valence-electron chi connectivity index (χ1n) is 6.82. The van der Waals surface area contributed by atoms with Gasteiger partial charge in [0.1, 0.15) is 0 Å². The average molecular weight is 282 g/mol. The van der Waals surface area contributed by atoms with Crippen molar-refractivity contribution in [2.24, 2.45) is 0 Å². The molecule has 0 saturated heterocycles. The zero-order valence-corrected chi connectivity index (χ0v) is 12.4. The van der Waals surface area contributed by atoms with Gasteiger partial charge in [-0.25, -0.2) is 8.42 Å². The summed E-state index contributed by atoms with van der Waals surface area (Å²) in [7, 11) is -3.22. The molecule has 5 heteroatoms. The molecule has 0 aliphatic carbocycles. The van der Waals surface area contributed by atoms with Gasteiger partial charge in [0, 0.05) is 19.6 Å². The molecule has 0 spiro atoms. The molecule has 106 valence electrons. The molecule has 1 heterocycles. The van der Waals surface area contributed by atoms with Crippen molar-refractivity contribution in [2.75, 3.05) is 13.1 Å². The van der Waals surface area contributed by atoms with Crippen LogP contribution in [0.5, 0.6) is 0 Å². The Bertz CT molecular complexity index is 503. The van der Waals surface area contributed by atoms with Crippen molar-refractivity contribution in [3.8, 4) is 0 Å². The van der Waals surface area contributed by atoms with Crippen LogP contribution in [-0.4, -0.2) is 31.1 Å². The molecule has 1 N–H and O–H groups in total. The number of nitrogens with zero attached hydrogens (tertiary/aromatic N) is 1. The fraction of sp³-hybridized carbons (Fsp3) is 0.571. The fourth-order valence-electron chi connectivity index (χ4n) is 2.32. The summed E-state index contributed by atoms with van der Waals surface area (Å²) >= 11 is 0. The summed E-state index contributed by atoms with van der Waals surface area (Å²) in [4.78, 5) is 0. The first kappa shape index (κ1) is 14.5. The monoisotopic (exact) mass is 282 g/mol. The van der Waals surface area contributed by atoms with Crippen LogP contribution in [0.25, 0.3) is 0 Å². The van der Waals surface area contributed by atoms with E-state index in [2.05, 4.69) is 12.2 Å². The van der Waals surface area contributed by atoms with Crippen LogP contribution >= 0.6 is 0 Å². The normalized spacial score (nSPS) is 17.4. The summed E-state index contributed by atoms with van der Waals surface area (Å²) in [5.41, 5.74) is 2.25. The van der Waals surface area contributed by atoms with E-state index in [-0.39, 0.29) is 5.25 Å². The molecule has 2 rings (SSSR count). The Morgan fingerprint density at radius 2 is 1.84 bits per heavy atom. The Balaban J connectivity index is 2.02. The van der Waals surface area contributed by atoms with Gasteiger partial charge in [-0.15, -0.1) is 0 Å². The van der Waals surface area contributed by atoms with Gasteiger partial charge in [-0.3, -0.25) is 0 Å². The summed E-state index contributed by atoms with van der Waals surface area (Å²) in [5, 5.41) is 2.80. The zero-order chi connectivity index (χ0) is 13.9. The molecule has 0 aromatic heterocycles. The van der Waals surface area contributed by atoms with Gasteiger partial charge < -0.3 is 5.32 Å². The SMILES string of the molecule is CCCNCC(C)S(=O)(=O)N1Cc2ccccc2C1. The Morgan fingerprint density at radius 1 is 1.26 bits per heavy atom. The Hall–Kier alpha value is -0.910. The Kier molecular flexibility index (Phi) is 4.60. The average Bonchev–Trinajstić information content (AvgIpc) is 2.83. The maximum absolute atomic E-state index is 12.5. The molecule has 1 aliphatic heterocycles. The molecule has 0 amide bonds. The lowest BCUT2D eigenvalue weighted by molar-refractivity contribution is 0.421. The van der Waals surface area contributed by atoms with Gasteiger partial charge in [-0.05, 0) is 31.0 Å². The summed E-state index contributed by atoms with van der Waals surface area (Å²) in [6.07, 6.45) is 1.02. The molecule has 0 radical (unpaired) electrons. The molecule has 1 unspecified atom stereocenters. The molecule has 1 atom stereocenters. The minimum absolute atomic E-state index is 0.381. The van der Waals surface area contributed by atoms with Crippen LogP contribution in [0.15, 0.2) is 24.3 Å². The Morgan fingerprint density at radius 3 is 2.37 bits per heavy atom. The number of benzene rings is 1. The quantitative estimate of drug-likeness (QED) is 0.808. The van der Waals surface area contributed by atoms with E-state index in [1.807, 2.05) is 24.3 Å². The summed E-state index contributed by atoms with van der Waals surface area (Å²) < 4.78 is 26.6. The second-order valence-corrected chi connectivity index (χ2v) is 7.45. The molecule has 0 saturated carbocycles. The van der Waals surface area contributed by atoms with Gasteiger partial charge in [0.25, 0.3) is 0 Å². The molecule has 1 aliphatic rings. The second kappa shape index (κ2) is 6.03. The van der Waals surface area contributed by atoms with Gasteiger partial charge in [0.2, 0.25) is 10.0 Å². The van der Waals surface area contributed by atoms with Gasteiger partial charge in [0.05, 0.1) is 5.25 Å². The van der Waals surface area contributed by atoms with Crippen molar-refractivity contribution in [3.05, 3.63) is 35.4 Å². The molecule has 4 nitrogen and oxygen atoms in total. The van der Waals surface area contributed by atoms with E-state index in [4.69, 9.17) is 0 Å². The number of rotatable bonds is 6. The molecule has 19 heavy (non-hydrogen) atoms. The molecule has 0 bridgehead atoms. The maximum atomic E-state index is 12.5. The van der Waals surface area contributed by atoms with E-state index in [1.54, 1.807) is 11.2 Å².